The third kappa shape index (κ3) is 5.21. The maximum absolute atomic E-state index is 13.0. The van der Waals surface area contributed by atoms with E-state index in [9.17, 15) is 35.9 Å². The van der Waals surface area contributed by atoms with Crippen LogP contribution in [-0.2, 0) is 26.7 Å². The topological polar surface area (TPSA) is 68.3 Å². The number of halogens is 6. The fourth-order valence-electron chi connectivity index (χ4n) is 2.19. The van der Waals surface area contributed by atoms with Gasteiger partial charge in [-0.15, -0.1) is 0 Å². The monoisotopic (exact) mass is 406 g/mol. The predicted octanol–water partition coefficient (Wildman–Crippen LogP) is 4.29. The van der Waals surface area contributed by atoms with Crippen LogP contribution < -0.4 is 5.32 Å². The van der Waals surface area contributed by atoms with Gasteiger partial charge in [-0.1, -0.05) is 6.07 Å². The van der Waals surface area contributed by atoms with E-state index < -0.39 is 41.9 Å². The number of carbonyl (C=O) groups is 2. The minimum Gasteiger partial charge on any atom is -0.469 e. The zero-order valence-electron chi connectivity index (χ0n) is 14.1. The highest BCUT2D eigenvalue weighted by molar-refractivity contribution is 6.03. The lowest BCUT2D eigenvalue weighted by molar-refractivity contribution is -0.143. The number of nitrogens with zero attached hydrogens (tertiary/aromatic N) is 1. The third-order valence-corrected chi connectivity index (χ3v) is 3.52. The fraction of sp³-hybridized carbons (Fsp3) is 0.235. The quantitative estimate of drug-likeness (QED) is 0.467. The Balaban J connectivity index is 2.46. The second-order valence-corrected chi connectivity index (χ2v) is 5.49. The van der Waals surface area contributed by atoms with Crippen molar-refractivity contribution in [2.75, 3.05) is 12.4 Å². The molecule has 0 aliphatic carbocycles. The molecule has 1 aromatic carbocycles. The number of rotatable bonds is 4. The van der Waals surface area contributed by atoms with E-state index in [4.69, 9.17) is 0 Å². The van der Waals surface area contributed by atoms with Gasteiger partial charge in [0.2, 0.25) is 5.91 Å². The molecule has 1 aromatic heterocycles. The van der Waals surface area contributed by atoms with Crippen molar-refractivity contribution in [3.8, 4) is 11.1 Å². The predicted molar refractivity (Wildman–Crippen MR) is 84.9 cm³/mol. The maximum atomic E-state index is 13.0. The van der Waals surface area contributed by atoms with Crippen molar-refractivity contribution in [3.63, 3.8) is 0 Å². The minimum absolute atomic E-state index is 0.0903. The van der Waals surface area contributed by atoms with E-state index in [1.807, 2.05) is 0 Å². The average molecular weight is 406 g/mol. The van der Waals surface area contributed by atoms with Gasteiger partial charge < -0.3 is 10.1 Å². The van der Waals surface area contributed by atoms with Crippen molar-refractivity contribution >= 4 is 17.6 Å². The van der Waals surface area contributed by atoms with Gasteiger partial charge in [-0.2, -0.15) is 26.3 Å². The van der Waals surface area contributed by atoms with Crippen molar-refractivity contribution in [1.29, 1.82) is 0 Å². The molecule has 1 N–H and O–H groups in total. The minimum atomic E-state index is -4.72. The van der Waals surface area contributed by atoms with Gasteiger partial charge in [0, 0.05) is 23.0 Å². The van der Waals surface area contributed by atoms with E-state index in [-0.39, 0.29) is 16.8 Å². The fourth-order valence-corrected chi connectivity index (χ4v) is 2.19. The molecule has 0 bridgehead atoms. The largest absolute Gasteiger partial charge is 0.469 e. The SMILES string of the molecule is COC(=O)CC(=O)Nc1ccc(C(F)(F)F)cc1-c1ccc(C(F)(F)F)nc1. The number of hydrogen-bond donors (Lipinski definition) is 1. The van der Waals surface area contributed by atoms with E-state index in [0.717, 1.165) is 25.4 Å². The van der Waals surface area contributed by atoms with Crippen LogP contribution in [0.3, 0.4) is 0 Å². The Bertz CT molecular complexity index is 876. The number of anilines is 1. The molecule has 1 heterocycles. The molecule has 0 fully saturated rings. The number of methoxy groups -OCH3 is 1. The van der Waals surface area contributed by atoms with Gasteiger partial charge in [-0.25, -0.2) is 0 Å². The first-order chi connectivity index (χ1) is 12.9. The van der Waals surface area contributed by atoms with E-state index in [1.54, 1.807) is 0 Å². The van der Waals surface area contributed by atoms with Gasteiger partial charge in [0.15, 0.2) is 0 Å². The Kier molecular flexibility index (Phi) is 5.95. The summed E-state index contributed by atoms with van der Waals surface area (Å²) in [6, 6.07) is 3.83. The number of carbonyl (C=O) groups excluding carboxylic acids is 2. The summed E-state index contributed by atoms with van der Waals surface area (Å²) in [5, 5.41) is 2.24. The summed E-state index contributed by atoms with van der Waals surface area (Å²) >= 11 is 0. The summed E-state index contributed by atoms with van der Waals surface area (Å²) in [5.41, 5.74) is -2.74. The van der Waals surface area contributed by atoms with Crippen LogP contribution >= 0.6 is 0 Å². The van der Waals surface area contributed by atoms with Crippen molar-refractivity contribution in [2.24, 2.45) is 0 Å². The highest BCUT2D eigenvalue weighted by Gasteiger charge is 2.33. The Morgan fingerprint density at radius 3 is 2.21 bits per heavy atom. The Morgan fingerprint density at radius 2 is 1.71 bits per heavy atom. The van der Waals surface area contributed by atoms with Crippen molar-refractivity contribution in [2.45, 2.75) is 18.8 Å². The van der Waals surface area contributed by atoms with Crippen LogP contribution in [0, 0.1) is 0 Å². The van der Waals surface area contributed by atoms with Crippen LogP contribution in [0.5, 0.6) is 0 Å². The Hall–Kier alpha value is -3.11. The van der Waals surface area contributed by atoms with Gasteiger partial charge in [-0.05, 0) is 24.3 Å². The van der Waals surface area contributed by atoms with Crippen LogP contribution in [0.15, 0.2) is 36.5 Å². The molecule has 0 spiro atoms. The average Bonchev–Trinajstić information content (AvgIpc) is 2.60. The lowest BCUT2D eigenvalue weighted by Gasteiger charge is -2.15. The van der Waals surface area contributed by atoms with E-state index in [0.29, 0.717) is 18.2 Å². The standard InChI is InChI=1S/C17H12F6N2O3/c1-28-15(27)7-14(26)25-12-4-3-10(16(18,19)20)6-11(12)9-2-5-13(24-8-9)17(21,22)23/h2-6,8H,7H2,1H3,(H,25,26). The van der Waals surface area contributed by atoms with E-state index >= 15 is 0 Å². The lowest BCUT2D eigenvalue weighted by Crippen LogP contribution is -2.18. The molecule has 0 aliphatic rings. The molecule has 2 aromatic rings. The smallest absolute Gasteiger partial charge is 0.433 e. The first kappa shape index (κ1) is 21.2. The van der Waals surface area contributed by atoms with Crippen LogP contribution in [0.25, 0.3) is 11.1 Å². The molecule has 0 atom stereocenters. The number of amides is 1. The van der Waals surface area contributed by atoms with Gasteiger partial charge in [0.05, 0.1) is 12.7 Å². The van der Waals surface area contributed by atoms with Gasteiger partial charge in [0.25, 0.3) is 0 Å². The first-order valence-electron chi connectivity index (χ1n) is 7.53. The first-order valence-corrected chi connectivity index (χ1v) is 7.53. The molecule has 0 saturated carbocycles. The van der Waals surface area contributed by atoms with Crippen LogP contribution in [0.4, 0.5) is 32.0 Å². The van der Waals surface area contributed by atoms with Crippen molar-refractivity contribution in [3.05, 3.63) is 47.8 Å². The number of ether oxygens (including phenoxy) is 1. The molecule has 0 saturated heterocycles. The summed E-state index contributed by atoms with van der Waals surface area (Å²) in [4.78, 5) is 26.2. The highest BCUT2D eigenvalue weighted by Crippen LogP contribution is 2.37. The lowest BCUT2D eigenvalue weighted by atomic mass is 10.0. The molecule has 0 unspecified atom stereocenters. The number of nitrogens with one attached hydrogen (secondary N) is 1. The number of pyridine rings is 1. The highest BCUT2D eigenvalue weighted by atomic mass is 19.4. The zero-order chi connectivity index (χ0) is 21.1. The molecule has 0 radical (unpaired) electrons. The molecular weight excluding hydrogens is 394 g/mol. The number of aromatic nitrogens is 1. The van der Waals surface area contributed by atoms with Gasteiger partial charge in [-0.3, -0.25) is 14.6 Å². The van der Waals surface area contributed by atoms with Crippen LogP contribution in [0.1, 0.15) is 17.7 Å². The van der Waals surface area contributed by atoms with E-state index in [2.05, 4.69) is 15.0 Å². The van der Waals surface area contributed by atoms with Crippen molar-refractivity contribution in [1.82, 2.24) is 4.98 Å². The normalized spacial score (nSPS) is 11.8. The van der Waals surface area contributed by atoms with E-state index in [1.165, 1.54) is 0 Å². The number of alkyl halides is 6. The molecule has 1 amide bonds. The van der Waals surface area contributed by atoms with Crippen LogP contribution in [-0.4, -0.2) is 24.0 Å². The third-order valence-electron chi connectivity index (χ3n) is 3.52. The molecule has 28 heavy (non-hydrogen) atoms. The number of benzene rings is 1. The maximum Gasteiger partial charge on any atom is 0.433 e. The molecular formula is C17H12F6N2O3. The second-order valence-electron chi connectivity index (χ2n) is 5.49. The summed E-state index contributed by atoms with van der Waals surface area (Å²) in [6.07, 6.45) is -9.39. The summed E-state index contributed by atoms with van der Waals surface area (Å²) < 4.78 is 81.2. The Morgan fingerprint density at radius 1 is 1.04 bits per heavy atom. The second kappa shape index (κ2) is 7.87. The van der Waals surface area contributed by atoms with Gasteiger partial charge >= 0.3 is 18.3 Å². The Labute approximate surface area is 154 Å². The number of hydrogen-bond acceptors (Lipinski definition) is 4. The summed E-state index contributed by atoms with van der Waals surface area (Å²) in [7, 11) is 1.05. The van der Waals surface area contributed by atoms with Crippen molar-refractivity contribution < 1.29 is 40.7 Å². The molecule has 0 aliphatic heterocycles. The summed E-state index contributed by atoms with van der Waals surface area (Å²) in [5.74, 6) is -1.74. The van der Waals surface area contributed by atoms with Crippen LogP contribution in [0.2, 0.25) is 0 Å². The molecule has 5 nitrogen and oxygen atoms in total. The molecule has 2 rings (SSSR count). The molecule has 11 heteroatoms. The molecule has 150 valence electrons. The summed E-state index contributed by atoms with van der Waals surface area (Å²) in [6.45, 7) is 0. The number of esters is 1. The van der Waals surface area contributed by atoms with Gasteiger partial charge in [0.1, 0.15) is 12.1 Å². The zero-order valence-corrected chi connectivity index (χ0v) is 14.1.